The lowest BCUT2D eigenvalue weighted by Gasteiger charge is -2.18. The van der Waals surface area contributed by atoms with Crippen molar-refractivity contribution in [2.45, 2.75) is 31.8 Å². The van der Waals surface area contributed by atoms with Crippen molar-refractivity contribution < 1.29 is 4.79 Å². The van der Waals surface area contributed by atoms with Crippen molar-refractivity contribution in [3.8, 4) is 5.69 Å². The minimum atomic E-state index is -0.0780. The topological polar surface area (TPSA) is 63.1 Å². The number of aryl methyl sites for hydroxylation is 2. The number of nitrogens with zero attached hydrogens (tertiary/aromatic N) is 4. The van der Waals surface area contributed by atoms with Gasteiger partial charge in [-0.3, -0.25) is 9.36 Å². The molecule has 4 rings (SSSR count). The molecule has 1 N–H and O–H groups in total. The number of carbonyl (C=O) groups is 1. The summed E-state index contributed by atoms with van der Waals surface area (Å²) in [5.74, 6) is 1.02. The molecule has 0 bridgehead atoms. The first-order valence-electron chi connectivity index (χ1n) is 9.97. The minimum Gasteiger partial charge on any atom is -0.341 e. The van der Waals surface area contributed by atoms with Gasteiger partial charge in [0, 0.05) is 17.6 Å². The van der Waals surface area contributed by atoms with Crippen LogP contribution < -0.4 is 10.2 Å². The van der Waals surface area contributed by atoms with Gasteiger partial charge in [0.25, 0.3) is 0 Å². The van der Waals surface area contributed by atoms with Crippen LogP contribution in [0.3, 0.4) is 0 Å². The summed E-state index contributed by atoms with van der Waals surface area (Å²) in [7, 11) is 0. The number of halogens is 1. The lowest BCUT2D eigenvalue weighted by Crippen LogP contribution is -2.22. The number of hydrogen-bond donors (Lipinski definition) is 1. The van der Waals surface area contributed by atoms with E-state index >= 15 is 0 Å². The molecule has 0 spiro atoms. The van der Waals surface area contributed by atoms with Crippen LogP contribution >= 0.6 is 27.7 Å². The molecule has 0 atom stereocenters. The molecule has 3 aromatic rings. The quantitative estimate of drug-likeness (QED) is 0.498. The van der Waals surface area contributed by atoms with Gasteiger partial charge in [0.15, 0.2) is 5.16 Å². The molecule has 1 aromatic heterocycles. The number of anilines is 2. The number of thioether (sulfide) groups is 1. The number of carbonyl (C=O) groups excluding carboxylic acids is 1. The number of amides is 1. The van der Waals surface area contributed by atoms with E-state index in [9.17, 15) is 4.79 Å². The number of nitrogens with one attached hydrogen (secondary N) is 1. The van der Waals surface area contributed by atoms with Crippen molar-refractivity contribution in [2.24, 2.45) is 0 Å². The van der Waals surface area contributed by atoms with Crippen LogP contribution in [-0.4, -0.2) is 39.5 Å². The fourth-order valence-electron chi connectivity index (χ4n) is 3.44. The Labute approximate surface area is 189 Å². The minimum absolute atomic E-state index is 0.0780. The normalized spacial score (nSPS) is 13.6. The third-order valence-electron chi connectivity index (χ3n) is 5.03. The summed E-state index contributed by atoms with van der Waals surface area (Å²) in [5.41, 5.74) is 4.11. The van der Waals surface area contributed by atoms with Crippen LogP contribution in [0.4, 0.5) is 11.6 Å². The highest BCUT2D eigenvalue weighted by Crippen LogP contribution is 2.29. The largest absolute Gasteiger partial charge is 0.341 e. The molecule has 2 heterocycles. The lowest BCUT2D eigenvalue weighted by molar-refractivity contribution is -0.113. The van der Waals surface area contributed by atoms with Crippen molar-refractivity contribution in [1.29, 1.82) is 0 Å². The second-order valence-corrected chi connectivity index (χ2v) is 9.26. The molecule has 1 amide bonds. The summed E-state index contributed by atoms with van der Waals surface area (Å²) in [6, 6.07) is 14.2. The summed E-state index contributed by atoms with van der Waals surface area (Å²) in [4.78, 5) is 14.8. The Bertz CT molecular complexity index is 1040. The Morgan fingerprint density at radius 1 is 1.07 bits per heavy atom. The zero-order valence-electron chi connectivity index (χ0n) is 17.1. The van der Waals surface area contributed by atoms with Gasteiger partial charge in [-0.15, -0.1) is 10.2 Å². The smallest absolute Gasteiger partial charge is 0.234 e. The molecule has 0 radical (unpaired) electrons. The van der Waals surface area contributed by atoms with Crippen molar-refractivity contribution in [3.05, 3.63) is 58.1 Å². The predicted octanol–water partition coefficient (Wildman–Crippen LogP) is 4.98. The van der Waals surface area contributed by atoms with Gasteiger partial charge in [-0.05, 0) is 72.4 Å². The van der Waals surface area contributed by atoms with Gasteiger partial charge >= 0.3 is 0 Å². The summed E-state index contributed by atoms with van der Waals surface area (Å²) in [6.45, 7) is 6.05. The highest BCUT2D eigenvalue weighted by Gasteiger charge is 2.23. The molecule has 2 aromatic carbocycles. The van der Waals surface area contributed by atoms with E-state index < -0.39 is 0 Å². The summed E-state index contributed by atoms with van der Waals surface area (Å²) >= 11 is 4.90. The molecule has 8 heteroatoms. The number of hydrogen-bond acceptors (Lipinski definition) is 5. The zero-order valence-corrected chi connectivity index (χ0v) is 19.5. The maximum absolute atomic E-state index is 12.6. The molecule has 0 unspecified atom stereocenters. The summed E-state index contributed by atoms with van der Waals surface area (Å²) in [6.07, 6.45) is 2.33. The van der Waals surface area contributed by atoms with Gasteiger partial charge in [-0.1, -0.05) is 35.5 Å². The van der Waals surface area contributed by atoms with Crippen molar-refractivity contribution in [1.82, 2.24) is 14.8 Å². The van der Waals surface area contributed by atoms with Crippen LogP contribution in [0.5, 0.6) is 0 Å². The first-order chi connectivity index (χ1) is 14.5. The molecule has 156 valence electrons. The van der Waals surface area contributed by atoms with E-state index in [1.165, 1.54) is 17.3 Å². The fourth-order valence-corrected chi connectivity index (χ4v) is 4.77. The molecule has 1 aliphatic heterocycles. The summed E-state index contributed by atoms with van der Waals surface area (Å²) in [5, 5.41) is 12.6. The fraction of sp³-hybridized carbons (Fsp3) is 0.318. The maximum Gasteiger partial charge on any atom is 0.234 e. The number of rotatable bonds is 6. The maximum atomic E-state index is 12.6. The van der Waals surface area contributed by atoms with Gasteiger partial charge in [0.1, 0.15) is 0 Å². The van der Waals surface area contributed by atoms with E-state index in [1.807, 2.05) is 25.1 Å². The Morgan fingerprint density at radius 2 is 1.77 bits per heavy atom. The van der Waals surface area contributed by atoms with Crippen LogP contribution in [0.1, 0.15) is 24.0 Å². The van der Waals surface area contributed by atoms with E-state index in [-0.39, 0.29) is 11.7 Å². The standard InChI is InChI=1S/C22H24BrN5OS/c1-15-5-8-17(9-6-15)28-21(27-11-3-4-12-27)25-26-22(28)30-14-20(29)24-19-10-7-16(2)13-18(19)23/h5-10,13H,3-4,11-12,14H2,1-2H3,(H,24,29). The Balaban J connectivity index is 1.53. The zero-order chi connectivity index (χ0) is 21.1. The van der Waals surface area contributed by atoms with Crippen LogP contribution in [-0.2, 0) is 4.79 Å². The van der Waals surface area contributed by atoms with Gasteiger partial charge in [-0.2, -0.15) is 0 Å². The molecule has 1 fully saturated rings. The van der Waals surface area contributed by atoms with E-state index in [2.05, 4.69) is 72.1 Å². The van der Waals surface area contributed by atoms with Crippen molar-refractivity contribution in [2.75, 3.05) is 29.1 Å². The van der Waals surface area contributed by atoms with Crippen LogP contribution in [0.2, 0.25) is 0 Å². The molecule has 1 aliphatic rings. The van der Waals surface area contributed by atoms with Crippen LogP contribution in [0.15, 0.2) is 52.1 Å². The first-order valence-corrected chi connectivity index (χ1v) is 11.8. The van der Waals surface area contributed by atoms with Crippen LogP contribution in [0.25, 0.3) is 5.69 Å². The molecule has 6 nitrogen and oxygen atoms in total. The average Bonchev–Trinajstić information content (AvgIpc) is 3.39. The third kappa shape index (κ3) is 4.70. The SMILES string of the molecule is Cc1ccc(-n2c(SCC(=O)Nc3ccc(C)cc3Br)nnc2N2CCCC2)cc1. The molecule has 30 heavy (non-hydrogen) atoms. The molecule has 1 saturated heterocycles. The van der Waals surface area contributed by atoms with E-state index in [0.717, 1.165) is 58.4 Å². The predicted molar refractivity (Wildman–Crippen MR) is 126 cm³/mol. The summed E-state index contributed by atoms with van der Waals surface area (Å²) < 4.78 is 2.94. The van der Waals surface area contributed by atoms with Gasteiger partial charge in [0.05, 0.1) is 17.1 Å². The monoisotopic (exact) mass is 485 g/mol. The van der Waals surface area contributed by atoms with Crippen molar-refractivity contribution in [3.63, 3.8) is 0 Å². The van der Waals surface area contributed by atoms with Gasteiger partial charge < -0.3 is 10.2 Å². The van der Waals surface area contributed by atoms with Crippen molar-refractivity contribution >= 4 is 45.2 Å². The highest BCUT2D eigenvalue weighted by atomic mass is 79.9. The Hall–Kier alpha value is -2.32. The number of benzene rings is 2. The van der Waals surface area contributed by atoms with Gasteiger partial charge in [-0.25, -0.2) is 0 Å². The highest BCUT2D eigenvalue weighted by molar-refractivity contribution is 9.10. The van der Waals surface area contributed by atoms with E-state index in [1.54, 1.807) is 0 Å². The average molecular weight is 486 g/mol. The molecule has 0 aliphatic carbocycles. The Morgan fingerprint density at radius 3 is 2.47 bits per heavy atom. The molecular formula is C22H24BrN5OS. The molecule has 0 saturated carbocycles. The van der Waals surface area contributed by atoms with E-state index in [4.69, 9.17) is 0 Å². The van der Waals surface area contributed by atoms with Crippen LogP contribution in [0, 0.1) is 13.8 Å². The second-order valence-electron chi connectivity index (χ2n) is 7.47. The third-order valence-corrected chi connectivity index (χ3v) is 6.61. The number of aromatic nitrogens is 3. The van der Waals surface area contributed by atoms with E-state index in [0.29, 0.717) is 0 Å². The first kappa shape index (κ1) is 20.9. The molecular weight excluding hydrogens is 462 g/mol. The lowest BCUT2D eigenvalue weighted by atomic mass is 10.2. The van der Waals surface area contributed by atoms with Gasteiger partial charge in [0.2, 0.25) is 11.9 Å². The second kappa shape index (κ2) is 9.22. The Kier molecular flexibility index (Phi) is 6.43.